The summed E-state index contributed by atoms with van der Waals surface area (Å²) in [5.41, 5.74) is 11.1. The maximum absolute atomic E-state index is 5.83. The van der Waals surface area contributed by atoms with Crippen LogP contribution >= 0.6 is 12.4 Å². The van der Waals surface area contributed by atoms with Crippen LogP contribution in [0, 0.1) is 20.8 Å². The van der Waals surface area contributed by atoms with Crippen LogP contribution in [-0.2, 0) is 0 Å². The van der Waals surface area contributed by atoms with E-state index in [1.165, 1.54) is 22.3 Å². The quantitative estimate of drug-likeness (QED) is 0.740. The number of rotatable bonds is 1. The standard InChI is InChI=1S/C11H17N.ClH/c1-7-5-9(3)11(10(4)12)6-8(7)2;/h5-6,10H,12H2,1-4H3;1H. The van der Waals surface area contributed by atoms with Crippen LogP contribution in [0.15, 0.2) is 12.1 Å². The summed E-state index contributed by atoms with van der Waals surface area (Å²) < 4.78 is 0. The molecule has 74 valence electrons. The normalized spacial score (nSPS) is 12.1. The molecule has 0 aliphatic carbocycles. The van der Waals surface area contributed by atoms with Crippen molar-refractivity contribution in [1.29, 1.82) is 0 Å². The first-order chi connectivity index (χ1) is 5.52. The zero-order chi connectivity index (χ0) is 9.30. The fraction of sp³-hybridized carbons (Fsp3) is 0.455. The topological polar surface area (TPSA) is 26.0 Å². The highest BCUT2D eigenvalue weighted by Crippen LogP contribution is 2.19. The molecule has 0 heterocycles. The van der Waals surface area contributed by atoms with Crippen LogP contribution < -0.4 is 5.73 Å². The Morgan fingerprint density at radius 3 is 1.92 bits per heavy atom. The molecule has 0 radical (unpaired) electrons. The Labute approximate surface area is 86.7 Å². The Morgan fingerprint density at radius 2 is 1.46 bits per heavy atom. The van der Waals surface area contributed by atoms with Gasteiger partial charge in [0.05, 0.1) is 0 Å². The molecule has 1 nitrogen and oxygen atoms in total. The third-order valence-corrected chi connectivity index (χ3v) is 2.37. The molecule has 2 N–H and O–H groups in total. The van der Waals surface area contributed by atoms with Gasteiger partial charge in [-0.1, -0.05) is 12.1 Å². The first kappa shape index (κ1) is 12.5. The van der Waals surface area contributed by atoms with Gasteiger partial charge < -0.3 is 5.73 Å². The molecule has 0 aliphatic rings. The minimum atomic E-state index is 0. The minimum absolute atomic E-state index is 0. The maximum Gasteiger partial charge on any atom is 0.0268 e. The van der Waals surface area contributed by atoms with Gasteiger partial charge in [-0.05, 0) is 49.9 Å². The summed E-state index contributed by atoms with van der Waals surface area (Å²) in [6.07, 6.45) is 0. The second-order valence-corrected chi connectivity index (χ2v) is 3.58. The number of halogens is 1. The Morgan fingerprint density at radius 1 is 1.00 bits per heavy atom. The minimum Gasteiger partial charge on any atom is -0.324 e. The summed E-state index contributed by atoms with van der Waals surface area (Å²) in [5.74, 6) is 0. The van der Waals surface area contributed by atoms with Gasteiger partial charge in [-0.15, -0.1) is 12.4 Å². The molecule has 0 spiro atoms. The molecule has 1 atom stereocenters. The third kappa shape index (κ3) is 2.71. The summed E-state index contributed by atoms with van der Waals surface area (Å²) in [6, 6.07) is 4.54. The van der Waals surface area contributed by atoms with Gasteiger partial charge in [0.15, 0.2) is 0 Å². The first-order valence-corrected chi connectivity index (χ1v) is 4.35. The van der Waals surface area contributed by atoms with Crippen molar-refractivity contribution >= 4 is 12.4 Å². The molecule has 0 fully saturated rings. The molecule has 0 saturated heterocycles. The van der Waals surface area contributed by atoms with Crippen LogP contribution in [0.3, 0.4) is 0 Å². The Balaban J connectivity index is 0.00000144. The number of nitrogens with two attached hydrogens (primary N) is 1. The van der Waals surface area contributed by atoms with Crippen LogP contribution in [0.25, 0.3) is 0 Å². The lowest BCUT2D eigenvalue weighted by molar-refractivity contribution is 0.807. The third-order valence-electron chi connectivity index (χ3n) is 2.37. The summed E-state index contributed by atoms with van der Waals surface area (Å²) in [5, 5.41) is 0. The van der Waals surface area contributed by atoms with Gasteiger partial charge >= 0.3 is 0 Å². The monoisotopic (exact) mass is 199 g/mol. The predicted octanol–water partition coefficient (Wildman–Crippen LogP) is 3.05. The zero-order valence-electron chi connectivity index (χ0n) is 8.72. The second-order valence-electron chi connectivity index (χ2n) is 3.58. The summed E-state index contributed by atoms with van der Waals surface area (Å²) in [4.78, 5) is 0. The molecule has 13 heavy (non-hydrogen) atoms. The number of aryl methyl sites for hydroxylation is 3. The Bertz CT molecular complexity index is 292. The van der Waals surface area contributed by atoms with Crippen LogP contribution in [0.5, 0.6) is 0 Å². The largest absolute Gasteiger partial charge is 0.324 e. The van der Waals surface area contributed by atoms with Gasteiger partial charge in [0.25, 0.3) is 0 Å². The van der Waals surface area contributed by atoms with Crippen molar-refractivity contribution < 1.29 is 0 Å². The summed E-state index contributed by atoms with van der Waals surface area (Å²) in [6.45, 7) is 8.40. The van der Waals surface area contributed by atoms with Crippen molar-refractivity contribution in [1.82, 2.24) is 0 Å². The van der Waals surface area contributed by atoms with Gasteiger partial charge in [-0.25, -0.2) is 0 Å². The van der Waals surface area contributed by atoms with E-state index in [0.29, 0.717) is 0 Å². The van der Waals surface area contributed by atoms with E-state index in [2.05, 4.69) is 32.9 Å². The fourth-order valence-corrected chi connectivity index (χ4v) is 1.47. The Hall–Kier alpha value is -0.530. The molecule has 0 bridgehead atoms. The fourth-order valence-electron chi connectivity index (χ4n) is 1.47. The molecule has 1 rings (SSSR count). The van der Waals surface area contributed by atoms with Gasteiger partial charge in [0, 0.05) is 6.04 Å². The average Bonchev–Trinajstić information content (AvgIpc) is 1.96. The molecule has 1 aromatic rings. The van der Waals surface area contributed by atoms with E-state index in [1.807, 2.05) is 6.92 Å². The van der Waals surface area contributed by atoms with Gasteiger partial charge in [-0.3, -0.25) is 0 Å². The maximum atomic E-state index is 5.83. The lowest BCUT2D eigenvalue weighted by atomic mass is 9.97. The van der Waals surface area contributed by atoms with Gasteiger partial charge in [-0.2, -0.15) is 0 Å². The molecular formula is C11H18ClN. The van der Waals surface area contributed by atoms with Crippen molar-refractivity contribution in [2.45, 2.75) is 33.7 Å². The van der Waals surface area contributed by atoms with Gasteiger partial charge in [0.2, 0.25) is 0 Å². The van der Waals surface area contributed by atoms with Crippen LogP contribution in [0.2, 0.25) is 0 Å². The lowest BCUT2D eigenvalue weighted by Crippen LogP contribution is -2.07. The van der Waals surface area contributed by atoms with Crippen LogP contribution in [0.4, 0.5) is 0 Å². The molecule has 0 amide bonds. The molecule has 0 aliphatic heterocycles. The predicted molar refractivity (Wildman–Crippen MR) is 60.5 cm³/mol. The van der Waals surface area contributed by atoms with Crippen LogP contribution in [-0.4, -0.2) is 0 Å². The number of hydrogen-bond acceptors (Lipinski definition) is 1. The molecule has 0 aromatic heterocycles. The smallest absolute Gasteiger partial charge is 0.0268 e. The van der Waals surface area contributed by atoms with Crippen LogP contribution in [0.1, 0.15) is 35.2 Å². The lowest BCUT2D eigenvalue weighted by Gasteiger charge is -2.12. The summed E-state index contributed by atoms with van der Waals surface area (Å²) in [7, 11) is 0. The molecule has 2 heteroatoms. The zero-order valence-corrected chi connectivity index (χ0v) is 9.53. The molecule has 0 saturated carbocycles. The van der Waals surface area contributed by atoms with Gasteiger partial charge in [0.1, 0.15) is 0 Å². The Kier molecular flexibility index (Phi) is 4.45. The number of benzene rings is 1. The van der Waals surface area contributed by atoms with Crippen molar-refractivity contribution in [3.63, 3.8) is 0 Å². The highest BCUT2D eigenvalue weighted by atomic mass is 35.5. The first-order valence-electron chi connectivity index (χ1n) is 4.35. The molecule has 1 aromatic carbocycles. The van der Waals surface area contributed by atoms with Crippen molar-refractivity contribution in [3.05, 3.63) is 34.4 Å². The van der Waals surface area contributed by atoms with Crippen molar-refractivity contribution in [2.24, 2.45) is 5.73 Å². The van der Waals surface area contributed by atoms with E-state index in [1.54, 1.807) is 0 Å². The summed E-state index contributed by atoms with van der Waals surface area (Å²) >= 11 is 0. The van der Waals surface area contributed by atoms with Crippen molar-refractivity contribution in [3.8, 4) is 0 Å². The van der Waals surface area contributed by atoms with E-state index < -0.39 is 0 Å². The SMILES string of the molecule is Cc1cc(C)c(C(C)N)cc1C.Cl. The molecule has 1 unspecified atom stereocenters. The number of hydrogen-bond donors (Lipinski definition) is 1. The molecular weight excluding hydrogens is 182 g/mol. The van der Waals surface area contributed by atoms with E-state index in [0.717, 1.165) is 0 Å². The van der Waals surface area contributed by atoms with E-state index in [-0.39, 0.29) is 18.4 Å². The highest BCUT2D eigenvalue weighted by Gasteiger charge is 2.04. The average molecular weight is 200 g/mol. The van der Waals surface area contributed by atoms with E-state index in [9.17, 15) is 0 Å². The second kappa shape index (κ2) is 4.64. The van der Waals surface area contributed by atoms with E-state index in [4.69, 9.17) is 5.73 Å². The highest BCUT2D eigenvalue weighted by molar-refractivity contribution is 5.85. The van der Waals surface area contributed by atoms with Crippen molar-refractivity contribution in [2.75, 3.05) is 0 Å². The van der Waals surface area contributed by atoms with E-state index >= 15 is 0 Å².